The third kappa shape index (κ3) is 5.19. The number of imide groups is 2. The Morgan fingerprint density at radius 3 is 2.23 bits per heavy atom. The molecule has 0 radical (unpaired) electrons. The summed E-state index contributed by atoms with van der Waals surface area (Å²) in [6.07, 6.45) is 14.9. The summed E-state index contributed by atoms with van der Waals surface area (Å²) in [4.78, 5) is 51.1. The lowest BCUT2D eigenvalue weighted by atomic mass is 9.48. The van der Waals surface area contributed by atoms with Gasteiger partial charge < -0.3 is 10.6 Å². The topological polar surface area (TPSA) is 108 Å². The second-order valence-electron chi connectivity index (χ2n) is 13.3. The highest BCUT2D eigenvalue weighted by Gasteiger charge is 2.53. The van der Waals surface area contributed by atoms with Crippen LogP contribution in [0, 0.1) is 23.2 Å². The molecule has 2 atom stereocenters. The van der Waals surface area contributed by atoms with E-state index < -0.39 is 23.8 Å². The molecule has 5 fully saturated rings. The number of unbranched alkanes of at least 4 members (excludes halogenated alkanes) is 4. The first-order valence-corrected chi connectivity index (χ1v) is 15.7. The SMILES string of the molecule is CC(NCCCCCCCNc1cccc2c1C(=O)N(C1CCC(=O)NC1=O)C2=O)C12CC3CC(CC(C3)C1)C2. The van der Waals surface area contributed by atoms with E-state index >= 15 is 0 Å². The van der Waals surface area contributed by atoms with Crippen LogP contribution in [0.4, 0.5) is 5.69 Å². The first-order chi connectivity index (χ1) is 19.3. The minimum absolute atomic E-state index is 0.117. The molecule has 0 aromatic heterocycles. The van der Waals surface area contributed by atoms with Crippen molar-refractivity contribution in [1.82, 2.24) is 15.5 Å². The zero-order chi connectivity index (χ0) is 27.9. The quantitative estimate of drug-likeness (QED) is 0.259. The highest BCUT2D eigenvalue weighted by atomic mass is 16.2. The van der Waals surface area contributed by atoms with Crippen molar-refractivity contribution in [3.63, 3.8) is 0 Å². The van der Waals surface area contributed by atoms with Crippen LogP contribution in [0.3, 0.4) is 0 Å². The number of carbonyl (C=O) groups is 4. The van der Waals surface area contributed by atoms with Crippen molar-refractivity contribution >= 4 is 29.3 Å². The van der Waals surface area contributed by atoms with Gasteiger partial charge in [-0.05, 0) is 107 Å². The molecule has 7 rings (SSSR count). The smallest absolute Gasteiger partial charge is 0.264 e. The van der Waals surface area contributed by atoms with Gasteiger partial charge in [-0.15, -0.1) is 0 Å². The summed E-state index contributed by atoms with van der Waals surface area (Å²) in [5.74, 6) is 1.12. The van der Waals surface area contributed by atoms with Gasteiger partial charge in [-0.3, -0.25) is 29.4 Å². The normalized spacial score (nSPS) is 31.5. The Balaban J connectivity index is 0.905. The molecular weight excluding hydrogens is 504 g/mol. The number of piperidine rings is 1. The first kappa shape index (κ1) is 27.4. The number of rotatable bonds is 12. The Hall–Kier alpha value is -2.74. The van der Waals surface area contributed by atoms with Crippen molar-refractivity contribution in [2.75, 3.05) is 18.4 Å². The highest BCUT2D eigenvalue weighted by Crippen LogP contribution is 2.61. The Kier molecular flexibility index (Phi) is 7.73. The third-order valence-electron chi connectivity index (χ3n) is 10.6. The molecule has 2 heterocycles. The second-order valence-corrected chi connectivity index (χ2v) is 13.3. The van der Waals surface area contributed by atoms with E-state index in [1.807, 2.05) is 6.07 Å². The van der Waals surface area contributed by atoms with Gasteiger partial charge in [-0.1, -0.05) is 25.3 Å². The van der Waals surface area contributed by atoms with Gasteiger partial charge in [-0.2, -0.15) is 0 Å². The molecule has 4 aliphatic carbocycles. The van der Waals surface area contributed by atoms with Crippen LogP contribution >= 0.6 is 0 Å². The molecule has 1 saturated heterocycles. The summed E-state index contributed by atoms with van der Waals surface area (Å²) in [5, 5.41) is 9.50. The lowest BCUT2D eigenvalue weighted by Crippen LogP contribution is -2.54. The Morgan fingerprint density at radius 2 is 1.55 bits per heavy atom. The molecule has 3 N–H and O–H groups in total. The fourth-order valence-corrected chi connectivity index (χ4v) is 8.91. The number of amides is 4. The van der Waals surface area contributed by atoms with Crippen molar-refractivity contribution in [2.45, 2.75) is 102 Å². The van der Waals surface area contributed by atoms with E-state index in [1.54, 1.807) is 12.1 Å². The standard InChI is InChI=1S/C32H44N4O4/c1-20(32-17-21-14-22(18-32)16-23(15-21)19-32)33-12-5-3-2-4-6-13-34-25-9-7-8-24-28(25)31(40)36(30(24)39)26-10-11-27(37)35-29(26)38/h7-9,20-23,26,33-34H,2-6,10-19H2,1H3,(H,35,37,38). The van der Waals surface area contributed by atoms with Crippen LogP contribution < -0.4 is 16.0 Å². The molecule has 4 bridgehead atoms. The molecule has 1 aromatic rings. The van der Waals surface area contributed by atoms with Crippen molar-refractivity contribution in [3.05, 3.63) is 29.3 Å². The molecular formula is C32H44N4O4. The molecule has 8 heteroatoms. The van der Waals surface area contributed by atoms with E-state index in [4.69, 9.17) is 0 Å². The van der Waals surface area contributed by atoms with Crippen LogP contribution in [0.5, 0.6) is 0 Å². The van der Waals surface area contributed by atoms with Crippen LogP contribution in [0.15, 0.2) is 18.2 Å². The Morgan fingerprint density at radius 1 is 0.900 bits per heavy atom. The largest absolute Gasteiger partial charge is 0.384 e. The zero-order valence-electron chi connectivity index (χ0n) is 23.8. The molecule has 0 spiro atoms. The van der Waals surface area contributed by atoms with Gasteiger partial charge in [0, 0.05) is 24.7 Å². The van der Waals surface area contributed by atoms with Gasteiger partial charge in [0.15, 0.2) is 0 Å². The maximum atomic E-state index is 13.2. The van der Waals surface area contributed by atoms with Crippen molar-refractivity contribution in [3.8, 4) is 0 Å². The zero-order valence-corrected chi connectivity index (χ0v) is 23.8. The average Bonchev–Trinajstić information content (AvgIpc) is 3.17. The predicted octanol–water partition coefficient (Wildman–Crippen LogP) is 4.64. The summed E-state index contributed by atoms with van der Waals surface area (Å²) in [6, 6.07) is 4.90. The average molecular weight is 549 g/mol. The first-order valence-electron chi connectivity index (χ1n) is 15.7. The van der Waals surface area contributed by atoms with Gasteiger partial charge in [0.2, 0.25) is 11.8 Å². The lowest BCUT2D eigenvalue weighted by Gasteiger charge is -2.59. The number of nitrogens with one attached hydrogen (secondary N) is 3. The van der Waals surface area contributed by atoms with Crippen LogP contribution in [-0.4, -0.2) is 53.7 Å². The van der Waals surface area contributed by atoms with E-state index in [0.717, 1.165) is 48.6 Å². The number of carbonyl (C=O) groups excluding carboxylic acids is 4. The van der Waals surface area contributed by atoms with Crippen molar-refractivity contribution in [1.29, 1.82) is 0 Å². The van der Waals surface area contributed by atoms with Gasteiger partial charge >= 0.3 is 0 Å². The van der Waals surface area contributed by atoms with Crippen molar-refractivity contribution < 1.29 is 19.2 Å². The Labute approximate surface area is 237 Å². The van der Waals surface area contributed by atoms with Gasteiger partial charge in [0.05, 0.1) is 11.1 Å². The lowest BCUT2D eigenvalue weighted by molar-refractivity contribution is -0.136. The molecule has 40 heavy (non-hydrogen) atoms. The van der Waals surface area contributed by atoms with Gasteiger partial charge in [0.25, 0.3) is 11.8 Å². The third-order valence-corrected chi connectivity index (χ3v) is 10.6. The van der Waals surface area contributed by atoms with E-state index in [0.29, 0.717) is 28.3 Å². The van der Waals surface area contributed by atoms with E-state index in [9.17, 15) is 19.2 Å². The second kappa shape index (κ2) is 11.3. The molecule has 2 unspecified atom stereocenters. The number of nitrogens with zero attached hydrogens (tertiary/aromatic N) is 1. The summed E-state index contributed by atoms with van der Waals surface area (Å²) in [7, 11) is 0. The predicted molar refractivity (Wildman–Crippen MR) is 153 cm³/mol. The summed E-state index contributed by atoms with van der Waals surface area (Å²) < 4.78 is 0. The molecule has 1 aromatic carbocycles. The number of benzene rings is 1. The number of anilines is 1. The summed E-state index contributed by atoms with van der Waals surface area (Å²) >= 11 is 0. The molecule has 6 aliphatic rings. The van der Waals surface area contributed by atoms with Gasteiger partial charge in [0.1, 0.15) is 6.04 Å². The highest BCUT2D eigenvalue weighted by molar-refractivity contribution is 6.25. The van der Waals surface area contributed by atoms with Crippen LogP contribution in [0.2, 0.25) is 0 Å². The molecule has 216 valence electrons. The fourth-order valence-electron chi connectivity index (χ4n) is 8.91. The molecule has 2 aliphatic heterocycles. The number of hydrogen-bond donors (Lipinski definition) is 3. The maximum Gasteiger partial charge on any atom is 0.264 e. The van der Waals surface area contributed by atoms with E-state index in [-0.39, 0.29) is 18.7 Å². The number of fused-ring (bicyclic) bond motifs is 1. The van der Waals surface area contributed by atoms with Crippen LogP contribution in [-0.2, 0) is 9.59 Å². The minimum atomic E-state index is -0.942. The molecule has 4 saturated carbocycles. The van der Waals surface area contributed by atoms with E-state index in [1.165, 1.54) is 57.8 Å². The van der Waals surface area contributed by atoms with Crippen molar-refractivity contribution in [2.24, 2.45) is 23.2 Å². The fraction of sp³-hybridized carbons (Fsp3) is 0.688. The van der Waals surface area contributed by atoms with E-state index in [2.05, 4.69) is 22.9 Å². The molecule has 4 amide bonds. The van der Waals surface area contributed by atoms with Gasteiger partial charge in [-0.25, -0.2) is 0 Å². The monoisotopic (exact) mass is 548 g/mol. The Bertz CT molecular complexity index is 1140. The number of hydrogen-bond acceptors (Lipinski definition) is 6. The minimum Gasteiger partial charge on any atom is -0.384 e. The van der Waals surface area contributed by atoms with Crippen LogP contribution in [0.25, 0.3) is 0 Å². The summed E-state index contributed by atoms with van der Waals surface area (Å²) in [6.45, 7) is 4.27. The maximum absolute atomic E-state index is 13.2. The summed E-state index contributed by atoms with van der Waals surface area (Å²) in [5.41, 5.74) is 1.85. The molecule has 8 nitrogen and oxygen atoms in total. The van der Waals surface area contributed by atoms with Crippen LogP contribution in [0.1, 0.15) is 111 Å².